The van der Waals surface area contributed by atoms with E-state index in [1.165, 1.54) is 6.92 Å². The molecule has 1 aromatic carbocycles. The van der Waals surface area contributed by atoms with Crippen molar-refractivity contribution in [2.75, 3.05) is 0 Å². The Morgan fingerprint density at radius 3 is 2.21 bits per heavy atom. The molecular weight excluding hydrogens is 393 g/mol. The Labute approximate surface area is 165 Å². The lowest BCUT2D eigenvalue weighted by Gasteiger charge is -2.15. The van der Waals surface area contributed by atoms with Crippen LogP contribution in [0.2, 0.25) is 0 Å². The van der Waals surface area contributed by atoms with Crippen molar-refractivity contribution in [3.63, 3.8) is 0 Å². The number of hydroxylamine groups is 2. The van der Waals surface area contributed by atoms with Gasteiger partial charge in [0, 0.05) is 25.3 Å². The van der Waals surface area contributed by atoms with Crippen LogP contribution in [-0.4, -0.2) is 41.0 Å². The van der Waals surface area contributed by atoms with E-state index in [2.05, 4.69) is 0 Å². The van der Waals surface area contributed by atoms with Crippen molar-refractivity contribution in [1.82, 2.24) is 10.4 Å². The lowest BCUT2D eigenvalue weighted by molar-refractivity contribution is -0.197. The zero-order valence-corrected chi connectivity index (χ0v) is 15.8. The zero-order valence-electron chi connectivity index (χ0n) is 15.8. The largest absolute Gasteiger partial charge is 0.471 e. The Bertz CT molecular complexity index is 761. The van der Waals surface area contributed by atoms with E-state index >= 15 is 0 Å². The van der Waals surface area contributed by atoms with E-state index in [1.54, 1.807) is 24.3 Å². The molecule has 0 radical (unpaired) electrons. The number of carbonyl (C=O) groups is 4. The fourth-order valence-electron chi connectivity index (χ4n) is 2.79. The number of amides is 3. The number of carbonyl (C=O) groups excluding carboxylic acids is 4. The van der Waals surface area contributed by atoms with Gasteiger partial charge in [0.25, 0.3) is 11.8 Å². The van der Waals surface area contributed by atoms with Crippen molar-refractivity contribution in [2.45, 2.75) is 57.7 Å². The molecule has 1 saturated heterocycles. The zero-order chi connectivity index (χ0) is 21.6. The van der Waals surface area contributed by atoms with Crippen LogP contribution < -0.4 is 5.32 Å². The molecule has 0 unspecified atom stereocenters. The van der Waals surface area contributed by atoms with E-state index < -0.39 is 35.9 Å². The normalized spacial score (nSPS) is 15.4. The van der Waals surface area contributed by atoms with Gasteiger partial charge in [0.15, 0.2) is 0 Å². The molecule has 1 aliphatic heterocycles. The molecule has 1 aliphatic rings. The van der Waals surface area contributed by atoms with Crippen molar-refractivity contribution in [2.24, 2.45) is 0 Å². The summed E-state index contributed by atoms with van der Waals surface area (Å²) in [7, 11) is 0. The summed E-state index contributed by atoms with van der Waals surface area (Å²) in [6, 6.07) is 6.37. The van der Waals surface area contributed by atoms with E-state index in [9.17, 15) is 32.3 Å². The van der Waals surface area contributed by atoms with Gasteiger partial charge in [0.05, 0.1) is 0 Å². The first kappa shape index (κ1) is 22.4. The predicted octanol–water partition coefficient (Wildman–Crippen LogP) is 2.23. The van der Waals surface area contributed by atoms with Crippen LogP contribution in [0.25, 0.3) is 0 Å². The number of imide groups is 1. The van der Waals surface area contributed by atoms with Crippen LogP contribution >= 0.6 is 0 Å². The first-order valence-corrected chi connectivity index (χ1v) is 9.08. The summed E-state index contributed by atoms with van der Waals surface area (Å²) in [4.78, 5) is 50.2. The van der Waals surface area contributed by atoms with E-state index in [1.807, 2.05) is 5.32 Å². The van der Waals surface area contributed by atoms with Gasteiger partial charge in [-0.2, -0.15) is 13.2 Å². The molecule has 7 nitrogen and oxygen atoms in total. The summed E-state index contributed by atoms with van der Waals surface area (Å²) in [6.07, 6.45) is -3.59. The third kappa shape index (κ3) is 6.88. The van der Waals surface area contributed by atoms with Gasteiger partial charge in [0.2, 0.25) is 0 Å². The van der Waals surface area contributed by atoms with E-state index in [0.717, 1.165) is 11.1 Å². The van der Waals surface area contributed by atoms with Crippen LogP contribution in [0.1, 0.15) is 43.7 Å². The summed E-state index contributed by atoms with van der Waals surface area (Å²) in [5, 5.41) is 2.41. The molecular formula is C19H21F3N2O5. The molecule has 0 spiro atoms. The predicted molar refractivity (Wildman–Crippen MR) is 93.9 cm³/mol. The molecule has 1 aromatic rings. The molecule has 29 heavy (non-hydrogen) atoms. The Morgan fingerprint density at radius 1 is 1.10 bits per heavy atom. The van der Waals surface area contributed by atoms with Crippen LogP contribution in [0.15, 0.2) is 24.3 Å². The van der Waals surface area contributed by atoms with Gasteiger partial charge in [-0.05, 0) is 37.3 Å². The quantitative estimate of drug-likeness (QED) is 0.659. The fourth-order valence-corrected chi connectivity index (χ4v) is 2.79. The SMILES string of the molecule is C[C@@H](Cc1ccc(CCCC(=O)ON2C(=O)CCC2=O)cc1)NC(=O)C(F)(F)F. The molecule has 2 rings (SSSR count). The van der Waals surface area contributed by atoms with Gasteiger partial charge in [-0.15, -0.1) is 5.06 Å². The van der Waals surface area contributed by atoms with Gasteiger partial charge in [-0.25, -0.2) is 4.79 Å². The molecule has 1 N–H and O–H groups in total. The first-order valence-electron chi connectivity index (χ1n) is 9.08. The standard InChI is InChI=1S/C19H21F3N2O5/c1-12(23-18(28)19(20,21)22)11-14-7-5-13(6-8-14)3-2-4-17(27)29-24-15(25)9-10-16(24)26/h5-8,12H,2-4,9-11H2,1H3,(H,23,28)/t12-/m0/s1. The number of halogens is 3. The highest BCUT2D eigenvalue weighted by Gasteiger charge is 2.39. The minimum Gasteiger partial charge on any atom is -0.345 e. The average Bonchev–Trinajstić information content (AvgIpc) is 2.94. The monoisotopic (exact) mass is 414 g/mol. The lowest BCUT2D eigenvalue weighted by Crippen LogP contribution is -2.42. The van der Waals surface area contributed by atoms with Crippen molar-refractivity contribution < 1.29 is 37.2 Å². The smallest absolute Gasteiger partial charge is 0.345 e. The Hall–Kier alpha value is -2.91. The van der Waals surface area contributed by atoms with Gasteiger partial charge in [-0.3, -0.25) is 14.4 Å². The maximum Gasteiger partial charge on any atom is 0.471 e. The molecule has 1 atom stereocenters. The van der Waals surface area contributed by atoms with Crippen LogP contribution in [0.4, 0.5) is 13.2 Å². The number of nitrogens with one attached hydrogen (secondary N) is 1. The van der Waals surface area contributed by atoms with Crippen molar-refractivity contribution in [3.05, 3.63) is 35.4 Å². The topological polar surface area (TPSA) is 92.8 Å². The third-order valence-electron chi connectivity index (χ3n) is 4.25. The molecule has 0 aromatic heterocycles. The molecule has 3 amide bonds. The highest BCUT2D eigenvalue weighted by molar-refractivity contribution is 6.01. The molecule has 10 heteroatoms. The number of benzene rings is 1. The van der Waals surface area contributed by atoms with Gasteiger partial charge in [-0.1, -0.05) is 24.3 Å². The molecule has 0 bridgehead atoms. The molecule has 158 valence electrons. The maximum absolute atomic E-state index is 12.2. The number of hydrogen-bond acceptors (Lipinski definition) is 5. The summed E-state index contributed by atoms with van der Waals surface area (Å²) < 4.78 is 36.7. The summed E-state index contributed by atoms with van der Waals surface area (Å²) in [5.41, 5.74) is 1.66. The summed E-state index contributed by atoms with van der Waals surface area (Å²) in [6.45, 7) is 1.49. The number of hydrogen-bond donors (Lipinski definition) is 1. The van der Waals surface area contributed by atoms with Crippen molar-refractivity contribution in [3.8, 4) is 0 Å². The Balaban J connectivity index is 1.73. The molecule has 1 heterocycles. The second-order valence-corrected chi connectivity index (χ2v) is 6.79. The number of nitrogens with zero attached hydrogens (tertiary/aromatic N) is 1. The minimum atomic E-state index is -4.91. The highest BCUT2D eigenvalue weighted by atomic mass is 19.4. The third-order valence-corrected chi connectivity index (χ3v) is 4.25. The van der Waals surface area contributed by atoms with E-state index in [4.69, 9.17) is 4.84 Å². The van der Waals surface area contributed by atoms with Crippen molar-refractivity contribution in [1.29, 1.82) is 0 Å². The van der Waals surface area contributed by atoms with E-state index in [-0.39, 0.29) is 25.7 Å². The number of rotatable bonds is 8. The Morgan fingerprint density at radius 2 is 1.66 bits per heavy atom. The molecule has 0 saturated carbocycles. The van der Waals surface area contributed by atoms with Crippen LogP contribution in [-0.2, 0) is 36.9 Å². The first-order chi connectivity index (χ1) is 13.6. The molecule has 1 fully saturated rings. The lowest BCUT2D eigenvalue weighted by atomic mass is 10.0. The second kappa shape index (κ2) is 9.53. The summed E-state index contributed by atoms with van der Waals surface area (Å²) >= 11 is 0. The highest BCUT2D eigenvalue weighted by Crippen LogP contribution is 2.16. The fraction of sp³-hybridized carbons (Fsp3) is 0.474. The van der Waals surface area contributed by atoms with Gasteiger partial charge in [0.1, 0.15) is 0 Å². The number of aryl methyl sites for hydroxylation is 1. The summed E-state index contributed by atoms with van der Waals surface area (Å²) in [5.74, 6) is -3.69. The average molecular weight is 414 g/mol. The second-order valence-electron chi connectivity index (χ2n) is 6.79. The van der Waals surface area contributed by atoms with Crippen molar-refractivity contribution >= 4 is 23.7 Å². The van der Waals surface area contributed by atoms with Crippen LogP contribution in [0, 0.1) is 0 Å². The number of alkyl halides is 3. The van der Waals surface area contributed by atoms with Crippen LogP contribution in [0.3, 0.4) is 0 Å². The van der Waals surface area contributed by atoms with E-state index in [0.29, 0.717) is 17.9 Å². The maximum atomic E-state index is 12.2. The van der Waals surface area contributed by atoms with Gasteiger partial charge < -0.3 is 10.2 Å². The Kier molecular flexibility index (Phi) is 7.35. The van der Waals surface area contributed by atoms with Gasteiger partial charge >= 0.3 is 18.1 Å². The molecule has 0 aliphatic carbocycles. The van der Waals surface area contributed by atoms with Crippen LogP contribution in [0.5, 0.6) is 0 Å². The minimum absolute atomic E-state index is 0.0271.